The smallest absolute Gasteiger partial charge is 0.313 e. The van der Waals surface area contributed by atoms with Crippen LogP contribution in [0.1, 0.15) is 19.4 Å². The van der Waals surface area contributed by atoms with E-state index in [1.165, 1.54) is 0 Å². The molecule has 1 aliphatic rings. The quantitative estimate of drug-likeness (QED) is 0.717. The number of hydrogen-bond acceptors (Lipinski definition) is 3. The van der Waals surface area contributed by atoms with Gasteiger partial charge in [-0.3, -0.25) is 4.79 Å². The summed E-state index contributed by atoms with van der Waals surface area (Å²) < 4.78 is 10.8. The lowest BCUT2D eigenvalue weighted by Crippen LogP contribution is -2.37. The predicted molar refractivity (Wildman–Crippen MR) is 60.4 cm³/mol. The van der Waals surface area contributed by atoms with Crippen LogP contribution in [-0.4, -0.2) is 18.7 Å². The van der Waals surface area contributed by atoms with E-state index in [-0.39, 0.29) is 18.0 Å². The van der Waals surface area contributed by atoms with Crippen molar-refractivity contribution in [2.45, 2.75) is 26.4 Å². The molecule has 0 aromatic heterocycles. The fourth-order valence-electron chi connectivity index (χ4n) is 2.00. The molecule has 2 unspecified atom stereocenters. The molecule has 2 atom stereocenters. The van der Waals surface area contributed by atoms with Crippen LogP contribution in [0.3, 0.4) is 0 Å². The van der Waals surface area contributed by atoms with Gasteiger partial charge in [-0.25, -0.2) is 0 Å². The molecule has 86 valence electrons. The van der Waals surface area contributed by atoms with Crippen molar-refractivity contribution in [2.24, 2.45) is 5.92 Å². The third-order valence-corrected chi connectivity index (χ3v) is 2.88. The van der Waals surface area contributed by atoms with Gasteiger partial charge in [0.1, 0.15) is 11.9 Å². The third-order valence-electron chi connectivity index (χ3n) is 2.88. The second kappa shape index (κ2) is 4.56. The van der Waals surface area contributed by atoms with Crippen molar-refractivity contribution in [2.75, 3.05) is 6.61 Å². The summed E-state index contributed by atoms with van der Waals surface area (Å²) in [5.41, 5.74) is 1.08. The molecule has 1 heterocycles. The predicted octanol–water partition coefficient (Wildman–Crippen LogP) is 2.19. The molecule has 3 nitrogen and oxygen atoms in total. The standard InChI is InChI=1S/C13H16O3/c1-3-15-13(14)11-8-10-6-4-5-7-12(10)16-9(11)2/h4-7,9,11H,3,8H2,1-2H3. The van der Waals surface area contributed by atoms with Gasteiger partial charge in [-0.15, -0.1) is 0 Å². The summed E-state index contributed by atoms with van der Waals surface area (Å²) in [5, 5.41) is 0. The van der Waals surface area contributed by atoms with E-state index in [0.717, 1.165) is 11.3 Å². The highest BCUT2D eigenvalue weighted by molar-refractivity contribution is 5.74. The second-order valence-electron chi connectivity index (χ2n) is 3.99. The zero-order valence-corrected chi connectivity index (χ0v) is 9.60. The number of rotatable bonds is 2. The van der Waals surface area contributed by atoms with E-state index >= 15 is 0 Å². The summed E-state index contributed by atoms with van der Waals surface area (Å²) in [6.45, 7) is 4.15. The highest BCUT2D eigenvalue weighted by Crippen LogP contribution is 2.31. The molecule has 0 fully saturated rings. The Morgan fingerprint density at radius 1 is 1.50 bits per heavy atom. The van der Waals surface area contributed by atoms with Gasteiger partial charge >= 0.3 is 5.97 Å². The monoisotopic (exact) mass is 220 g/mol. The molecule has 0 radical (unpaired) electrons. The fourth-order valence-corrected chi connectivity index (χ4v) is 2.00. The Kier molecular flexibility index (Phi) is 3.13. The Morgan fingerprint density at radius 3 is 3.00 bits per heavy atom. The van der Waals surface area contributed by atoms with E-state index in [4.69, 9.17) is 9.47 Å². The lowest BCUT2D eigenvalue weighted by Gasteiger charge is -2.29. The number of ether oxygens (including phenoxy) is 2. The van der Waals surface area contributed by atoms with Crippen molar-refractivity contribution in [1.29, 1.82) is 0 Å². The molecule has 2 rings (SSSR count). The first-order valence-corrected chi connectivity index (χ1v) is 5.63. The average Bonchev–Trinajstić information content (AvgIpc) is 2.28. The summed E-state index contributed by atoms with van der Waals surface area (Å²) >= 11 is 0. The van der Waals surface area contributed by atoms with Gasteiger partial charge in [-0.05, 0) is 31.9 Å². The summed E-state index contributed by atoms with van der Waals surface area (Å²) in [6, 6.07) is 7.83. The van der Waals surface area contributed by atoms with Crippen LogP contribution in [0.5, 0.6) is 5.75 Å². The van der Waals surface area contributed by atoms with Crippen LogP contribution < -0.4 is 4.74 Å². The molecule has 0 aliphatic carbocycles. The molecule has 3 heteroatoms. The van der Waals surface area contributed by atoms with Crippen LogP contribution >= 0.6 is 0 Å². The molecule has 1 aromatic carbocycles. The number of carbonyl (C=O) groups is 1. The highest BCUT2D eigenvalue weighted by Gasteiger charge is 2.33. The molecule has 0 spiro atoms. The molecule has 16 heavy (non-hydrogen) atoms. The van der Waals surface area contributed by atoms with Gasteiger partial charge in [0.2, 0.25) is 0 Å². The highest BCUT2D eigenvalue weighted by atomic mass is 16.5. The van der Waals surface area contributed by atoms with Gasteiger partial charge in [0.25, 0.3) is 0 Å². The Morgan fingerprint density at radius 2 is 2.25 bits per heavy atom. The van der Waals surface area contributed by atoms with Crippen LogP contribution in [0.2, 0.25) is 0 Å². The van der Waals surface area contributed by atoms with Gasteiger partial charge in [0.15, 0.2) is 0 Å². The zero-order valence-electron chi connectivity index (χ0n) is 9.60. The van der Waals surface area contributed by atoms with E-state index in [1.54, 1.807) is 0 Å². The minimum absolute atomic E-state index is 0.117. The Labute approximate surface area is 95.4 Å². The van der Waals surface area contributed by atoms with Crippen LogP contribution in [0.25, 0.3) is 0 Å². The SMILES string of the molecule is CCOC(=O)C1Cc2ccccc2OC1C. The van der Waals surface area contributed by atoms with Crippen molar-refractivity contribution in [1.82, 2.24) is 0 Å². The topological polar surface area (TPSA) is 35.5 Å². The van der Waals surface area contributed by atoms with Crippen molar-refractivity contribution >= 4 is 5.97 Å². The molecule has 0 N–H and O–H groups in total. The van der Waals surface area contributed by atoms with Crippen molar-refractivity contribution < 1.29 is 14.3 Å². The first kappa shape index (κ1) is 11.0. The van der Waals surface area contributed by atoms with Gasteiger partial charge in [0.05, 0.1) is 12.5 Å². The van der Waals surface area contributed by atoms with E-state index in [2.05, 4.69) is 0 Å². The molecule has 0 amide bonds. The van der Waals surface area contributed by atoms with Crippen LogP contribution in [0.4, 0.5) is 0 Å². The van der Waals surface area contributed by atoms with Crippen molar-refractivity contribution in [3.05, 3.63) is 29.8 Å². The van der Waals surface area contributed by atoms with Gasteiger partial charge in [-0.1, -0.05) is 18.2 Å². The number of fused-ring (bicyclic) bond motifs is 1. The van der Waals surface area contributed by atoms with Gasteiger partial charge in [0, 0.05) is 0 Å². The molecule has 0 saturated heterocycles. The van der Waals surface area contributed by atoms with E-state index in [0.29, 0.717) is 13.0 Å². The van der Waals surface area contributed by atoms with Gasteiger partial charge < -0.3 is 9.47 Å². The molecule has 1 aliphatic heterocycles. The largest absolute Gasteiger partial charge is 0.490 e. The number of carbonyl (C=O) groups excluding carboxylic acids is 1. The van der Waals surface area contributed by atoms with E-state index in [1.807, 2.05) is 38.1 Å². The third kappa shape index (κ3) is 2.03. The lowest BCUT2D eigenvalue weighted by atomic mass is 9.91. The molecule has 0 bridgehead atoms. The first-order chi connectivity index (χ1) is 7.72. The van der Waals surface area contributed by atoms with Gasteiger partial charge in [-0.2, -0.15) is 0 Å². The fraction of sp³-hybridized carbons (Fsp3) is 0.462. The molecule has 0 saturated carbocycles. The Balaban J connectivity index is 2.18. The van der Waals surface area contributed by atoms with E-state index < -0.39 is 0 Å². The maximum atomic E-state index is 11.7. The maximum absolute atomic E-state index is 11.7. The van der Waals surface area contributed by atoms with Crippen LogP contribution in [-0.2, 0) is 16.0 Å². The number of benzene rings is 1. The summed E-state index contributed by atoms with van der Waals surface area (Å²) in [7, 11) is 0. The molecular formula is C13H16O3. The summed E-state index contributed by atoms with van der Waals surface area (Å²) in [6.07, 6.45) is 0.588. The Bertz CT molecular complexity index is 387. The van der Waals surface area contributed by atoms with Crippen LogP contribution in [0, 0.1) is 5.92 Å². The maximum Gasteiger partial charge on any atom is 0.313 e. The normalized spacial score (nSPS) is 23.1. The zero-order chi connectivity index (χ0) is 11.5. The first-order valence-electron chi connectivity index (χ1n) is 5.63. The lowest BCUT2D eigenvalue weighted by molar-refractivity contribution is -0.151. The van der Waals surface area contributed by atoms with Crippen LogP contribution in [0.15, 0.2) is 24.3 Å². The average molecular weight is 220 g/mol. The minimum Gasteiger partial charge on any atom is -0.490 e. The minimum atomic E-state index is -0.185. The molecule has 1 aromatic rings. The second-order valence-corrected chi connectivity index (χ2v) is 3.99. The molecular weight excluding hydrogens is 204 g/mol. The van der Waals surface area contributed by atoms with Crippen molar-refractivity contribution in [3.63, 3.8) is 0 Å². The number of hydrogen-bond donors (Lipinski definition) is 0. The van der Waals surface area contributed by atoms with Crippen molar-refractivity contribution in [3.8, 4) is 5.75 Å². The summed E-state index contributed by atoms with van der Waals surface area (Å²) in [4.78, 5) is 11.7. The number of para-hydroxylation sites is 1. The Hall–Kier alpha value is -1.51. The van der Waals surface area contributed by atoms with E-state index in [9.17, 15) is 4.79 Å². The number of esters is 1. The summed E-state index contributed by atoms with van der Waals surface area (Å²) in [5.74, 6) is 0.537.